The van der Waals surface area contributed by atoms with Crippen molar-refractivity contribution in [3.63, 3.8) is 0 Å². The summed E-state index contributed by atoms with van der Waals surface area (Å²) in [7, 11) is 0. The normalized spacial score (nSPS) is 11.8. The number of fused-ring (bicyclic) bond motifs is 4. The van der Waals surface area contributed by atoms with Crippen LogP contribution in [0.4, 0.5) is 8.78 Å². The Bertz CT molecular complexity index is 1990. The molecule has 0 radical (unpaired) electrons. The highest BCUT2D eigenvalue weighted by molar-refractivity contribution is 6.28. The van der Waals surface area contributed by atoms with E-state index in [1.54, 1.807) is 0 Å². The van der Waals surface area contributed by atoms with Crippen LogP contribution in [-0.4, -0.2) is 0 Å². The SMILES string of the molecule is Fc1ccc(-c2c3c(c(-c4ccc(F)cc4)c4ccccc24)-c2ccc(-c4ccccc4)c4cccc-3c24)cc1. The van der Waals surface area contributed by atoms with E-state index in [-0.39, 0.29) is 11.6 Å². The van der Waals surface area contributed by atoms with Crippen LogP contribution in [0.25, 0.3) is 77.2 Å². The molecule has 0 bridgehead atoms. The van der Waals surface area contributed by atoms with Crippen LogP contribution in [0.1, 0.15) is 0 Å². The smallest absolute Gasteiger partial charge is 0.123 e. The van der Waals surface area contributed by atoms with Crippen LogP contribution in [0.3, 0.4) is 0 Å². The Hall–Kier alpha value is -5.08. The van der Waals surface area contributed by atoms with Gasteiger partial charge in [0.05, 0.1) is 0 Å². The van der Waals surface area contributed by atoms with E-state index >= 15 is 0 Å². The summed E-state index contributed by atoms with van der Waals surface area (Å²) in [5.74, 6) is -0.518. The number of rotatable bonds is 3. The van der Waals surface area contributed by atoms with E-state index in [1.807, 2.05) is 42.5 Å². The third-order valence-corrected chi connectivity index (χ3v) is 8.15. The average molecular weight is 517 g/mol. The van der Waals surface area contributed by atoms with Crippen molar-refractivity contribution < 1.29 is 8.78 Å². The van der Waals surface area contributed by atoms with Gasteiger partial charge in [0.25, 0.3) is 0 Å². The van der Waals surface area contributed by atoms with Gasteiger partial charge in [0, 0.05) is 0 Å². The van der Waals surface area contributed by atoms with Gasteiger partial charge in [0.1, 0.15) is 11.6 Å². The Morgan fingerprint density at radius 2 is 0.775 bits per heavy atom. The molecule has 0 amide bonds. The molecule has 8 rings (SSSR count). The Kier molecular flexibility index (Phi) is 4.99. The molecule has 188 valence electrons. The predicted molar refractivity (Wildman–Crippen MR) is 162 cm³/mol. The van der Waals surface area contributed by atoms with Gasteiger partial charge < -0.3 is 0 Å². The van der Waals surface area contributed by atoms with E-state index < -0.39 is 0 Å². The van der Waals surface area contributed by atoms with Gasteiger partial charge in [0.2, 0.25) is 0 Å². The van der Waals surface area contributed by atoms with E-state index in [1.165, 1.54) is 46.2 Å². The number of halogens is 2. The highest BCUT2D eigenvalue weighted by Gasteiger charge is 2.31. The van der Waals surface area contributed by atoms with E-state index in [9.17, 15) is 8.78 Å². The van der Waals surface area contributed by atoms with Crippen molar-refractivity contribution in [3.05, 3.63) is 145 Å². The third kappa shape index (κ3) is 3.29. The summed E-state index contributed by atoms with van der Waals surface area (Å²) < 4.78 is 28.2. The van der Waals surface area contributed by atoms with Gasteiger partial charge in [-0.15, -0.1) is 0 Å². The van der Waals surface area contributed by atoms with Gasteiger partial charge in [-0.25, -0.2) is 8.78 Å². The minimum absolute atomic E-state index is 0.259. The Morgan fingerprint density at radius 3 is 1.35 bits per heavy atom. The van der Waals surface area contributed by atoms with Crippen LogP contribution in [0, 0.1) is 11.6 Å². The van der Waals surface area contributed by atoms with Gasteiger partial charge in [-0.3, -0.25) is 0 Å². The quantitative estimate of drug-likeness (QED) is 0.219. The zero-order valence-electron chi connectivity index (χ0n) is 21.5. The molecule has 0 saturated carbocycles. The second-order valence-electron chi connectivity index (χ2n) is 10.3. The van der Waals surface area contributed by atoms with Crippen molar-refractivity contribution in [1.82, 2.24) is 0 Å². The molecule has 0 atom stereocenters. The van der Waals surface area contributed by atoms with Crippen molar-refractivity contribution in [2.45, 2.75) is 0 Å². The Labute approximate surface area is 230 Å². The van der Waals surface area contributed by atoms with Gasteiger partial charge in [-0.2, -0.15) is 0 Å². The maximum Gasteiger partial charge on any atom is 0.123 e. The van der Waals surface area contributed by atoms with Gasteiger partial charge >= 0.3 is 0 Å². The summed E-state index contributed by atoms with van der Waals surface area (Å²) in [6.45, 7) is 0. The summed E-state index contributed by atoms with van der Waals surface area (Å²) in [5.41, 5.74) is 11.0. The first-order chi connectivity index (χ1) is 19.7. The molecule has 40 heavy (non-hydrogen) atoms. The lowest BCUT2D eigenvalue weighted by molar-refractivity contribution is 0.627. The molecule has 0 saturated heterocycles. The van der Waals surface area contributed by atoms with E-state index in [0.29, 0.717) is 0 Å². The molecule has 0 heterocycles. The summed E-state index contributed by atoms with van der Waals surface area (Å²) in [6, 6.07) is 43.4. The Morgan fingerprint density at radius 1 is 0.300 bits per heavy atom. The summed E-state index contributed by atoms with van der Waals surface area (Å²) in [6.07, 6.45) is 0. The molecule has 1 aliphatic rings. The van der Waals surface area contributed by atoms with E-state index in [0.717, 1.165) is 55.3 Å². The lowest BCUT2D eigenvalue weighted by Gasteiger charge is -2.20. The molecule has 0 N–H and O–H groups in total. The van der Waals surface area contributed by atoms with Crippen LogP contribution < -0.4 is 0 Å². The van der Waals surface area contributed by atoms with Crippen molar-refractivity contribution in [2.24, 2.45) is 0 Å². The molecule has 7 aromatic rings. The topological polar surface area (TPSA) is 0 Å². The second kappa shape index (κ2) is 8.72. The first-order valence-electron chi connectivity index (χ1n) is 13.4. The fourth-order valence-corrected chi connectivity index (χ4v) is 6.50. The highest BCUT2D eigenvalue weighted by atomic mass is 19.1. The largest absolute Gasteiger partial charge is 0.207 e. The minimum Gasteiger partial charge on any atom is -0.207 e. The molecular weight excluding hydrogens is 494 g/mol. The highest BCUT2D eigenvalue weighted by Crippen LogP contribution is 2.58. The fourth-order valence-electron chi connectivity index (χ4n) is 6.50. The van der Waals surface area contributed by atoms with Crippen LogP contribution in [0.15, 0.2) is 133 Å². The molecule has 0 nitrogen and oxygen atoms in total. The van der Waals surface area contributed by atoms with Crippen molar-refractivity contribution in [1.29, 1.82) is 0 Å². The minimum atomic E-state index is -0.259. The predicted octanol–water partition coefficient (Wildman–Crippen LogP) is 10.9. The van der Waals surface area contributed by atoms with Crippen LogP contribution >= 0.6 is 0 Å². The standard InChI is InChI=1S/C38H22F2/c39-26-17-13-24(14-18-26)34-30-9-4-5-10-31(30)35(25-15-19-27(40)20-16-25)38-33-22-21-28(23-7-2-1-3-8-23)29-11-6-12-32(36(29)33)37(34)38/h1-22H. The molecule has 0 unspecified atom stereocenters. The summed E-state index contributed by atoms with van der Waals surface area (Å²) in [5, 5.41) is 4.57. The molecular formula is C38H22F2. The van der Waals surface area contributed by atoms with Gasteiger partial charge in [0.15, 0.2) is 0 Å². The molecule has 1 aliphatic carbocycles. The maximum absolute atomic E-state index is 14.1. The number of hydrogen-bond acceptors (Lipinski definition) is 0. The third-order valence-electron chi connectivity index (χ3n) is 8.15. The van der Waals surface area contributed by atoms with Crippen molar-refractivity contribution >= 4 is 21.5 Å². The van der Waals surface area contributed by atoms with Crippen molar-refractivity contribution in [3.8, 4) is 55.6 Å². The summed E-state index contributed by atoms with van der Waals surface area (Å²) >= 11 is 0. The fraction of sp³-hybridized carbons (Fsp3) is 0. The first kappa shape index (κ1) is 22.9. The molecule has 0 aromatic heterocycles. The average Bonchev–Trinajstić information content (AvgIpc) is 3.33. The molecule has 0 aliphatic heterocycles. The van der Waals surface area contributed by atoms with Gasteiger partial charge in [-0.1, -0.05) is 109 Å². The lowest BCUT2D eigenvalue weighted by atomic mass is 9.82. The molecule has 0 spiro atoms. The van der Waals surface area contributed by atoms with E-state index in [2.05, 4.69) is 66.7 Å². The van der Waals surface area contributed by atoms with Crippen LogP contribution in [-0.2, 0) is 0 Å². The Balaban J connectivity index is 1.57. The van der Waals surface area contributed by atoms with Crippen molar-refractivity contribution in [2.75, 3.05) is 0 Å². The number of hydrogen-bond donors (Lipinski definition) is 0. The van der Waals surface area contributed by atoms with E-state index in [4.69, 9.17) is 0 Å². The number of benzene rings is 7. The molecule has 2 heteroatoms. The molecule has 7 aromatic carbocycles. The lowest BCUT2D eigenvalue weighted by Crippen LogP contribution is -1.94. The van der Waals surface area contributed by atoms with Crippen LogP contribution in [0.2, 0.25) is 0 Å². The first-order valence-corrected chi connectivity index (χ1v) is 13.4. The maximum atomic E-state index is 14.1. The van der Waals surface area contributed by atoms with Gasteiger partial charge in [-0.05, 0) is 101 Å². The molecule has 0 fully saturated rings. The second-order valence-corrected chi connectivity index (χ2v) is 10.3. The zero-order chi connectivity index (χ0) is 26.8. The zero-order valence-corrected chi connectivity index (χ0v) is 21.5. The monoisotopic (exact) mass is 516 g/mol. The summed E-state index contributed by atoms with van der Waals surface area (Å²) in [4.78, 5) is 0. The van der Waals surface area contributed by atoms with Crippen LogP contribution in [0.5, 0.6) is 0 Å².